The molecular weight excluding hydrogens is 348 g/mol. The Morgan fingerprint density at radius 3 is 2.27 bits per heavy atom. The van der Waals surface area contributed by atoms with E-state index in [1.807, 2.05) is 6.92 Å². The molecule has 0 fully saturated rings. The van der Waals surface area contributed by atoms with Gasteiger partial charge in [0.25, 0.3) is 0 Å². The number of carbonyl (C=O) groups excluding carboxylic acids is 1. The Bertz CT molecular complexity index is 506. The molecule has 2 N–H and O–H groups in total. The highest BCUT2D eigenvalue weighted by atomic mass is 79.9. The summed E-state index contributed by atoms with van der Waals surface area (Å²) in [6.45, 7) is 6.35. The van der Waals surface area contributed by atoms with Gasteiger partial charge in [0, 0.05) is 22.6 Å². The summed E-state index contributed by atoms with van der Waals surface area (Å²) in [7, 11) is 3.13. The quantitative estimate of drug-likeness (QED) is 0.744. The summed E-state index contributed by atoms with van der Waals surface area (Å²) < 4.78 is 11.2. The summed E-state index contributed by atoms with van der Waals surface area (Å²) in [6, 6.07) is 3.38. The number of anilines is 1. The minimum atomic E-state index is -0.232. The van der Waals surface area contributed by atoms with Crippen molar-refractivity contribution in [1.29, 1.82) is 0 Å². The lowest BCUT2D eigenvalue weighted by Gasteiger charge is -2.17. The number of hydrogen-bond donors (Lipinski definition) is 2. The first-order valence-electron chi connectivity index (χ1n) is 7.36. The van der Waals surface area contributed by atoms with Crippen LogP contribution in [-0.2, 0) is 0 Å². The Labute approximate surface area is 140 Å². The zero-order valence-corrected chi connectivity index (χ0v) is 15.4. The van der Waals surface area contributed by atoms with Crippen molar-refractivity contribution in [3.8, 4) is 11.5 Å². The Morgan fingerprint density at radius 2 is 1.73 bits per heavy atom. The molecule has 0 heterocycles. The van der Waals surface area contributed by atoms with Crippen LogP contribution in [0, 0.1) is 5.92 Å². The molecule has 1 aromatic carbocycles. The van der Waals surface area contributed by atoms with E-state index in [-0.39, 0.29) is 12.1 Å². The Balaban J connectivity index is 2.68. The molecule has 5 nitrogen and oxygen atoms in total. The molecule has 0 radical (unpaired) electrons. The zero-order valence-electron chi connectivity index (χ0n) is 13.8. The van der Waals surface area contributed by atoms with Crippen LogP contribution in [-0.4, -0.2) is 26.3 Å². The van der Waals surface area contributed by atoms with E-state index in [0.29, 0.717) is 23.1 Å². The maximum Gasteiger partial charge on any atom is 0.319 e. The lowest BCUT2D eigenvalue weighted by atomic mass is 10.0. The molecule has 124 valence electrons. The fourth-order valence-electron chi connectivity index (χ4n) is 1.99. The Morgan fingerprint density at radius 1 is 1.14 bits per heavy atom. The third-order valence-corrected chi connectivity index (χ3v) is 3.93. The van der Waals surface area contributed by atoms with Crippen LogP contribution in [0.15, 0.2) is 16.6 Å². The van der Waals surface area contributed by atoms with Crippen LogP contribution in [0.25, 0.3) is 0 Å². The van der Waals surface area contributed by atoms with E-state index in [9.17, 15) is 4.79 Å². The first kappa shape index (κ1) is 18.6. The highest BCUT2D eigenvalue weighted by Gasteiger charge is 2.13. The van der Waals surface area contributed by atoms with E-state index >= 15 is 0 Å². The van der Waals surface area contributed by atoms with Crippen LogP contribution < -0.4 is 20.1 Å². The smallest absolute Gasteiger partial charge is 0.319 e. The van der Waals surface area contributed by atoms with E-state index in [0.717, 1.165) is 17.3 Å². The number of nitrogens with one attached hydrogen (secondary N) is 2. The third-order valence-electron chi connectivity index (χ3n) is 3.28. The van der Waals surface area contributed by atoms with Gasteiger partial charge in [-0.1, -0.05) is 13.8 Å². The predicted molar refractivity (Wildman–Crippen MR) is 92.9 cm³/mol. The molecule has 0 bridgehead atoms. The molecule has 1 atom stereocenters. The zero-order chi connectivity index (χ0) is 16.7. The van der Waals surface area contributed by atoms with E-state index in [4.69, 9.17) is 9.47 Å². The Hall–Kier alpha value is -1.43. The molecule has 1 unspecified atom stereocenters. The van der Waals surface area contributed by atoms with Crippen molar-refractivity contribution in [3.63, 3.8) is 0 Å². The molecule has 22 heavy (non-hydrogen) atoms. The standard InChI is InChI=1S/C16H25BrN2O3/c1-10(2)6-7-11(3)18-16(20)19-13-9-15(22-5)14(21-4)8-12(13)17/h8-11H,6-7H2,1-5H3,(H2,18,19,20). The molecule has 0 saturated heterocycles. The van der Waals surface area contributed by atoms with Crippen molar-refractivity contribution in [2.24, 2.45) is 5.92 Å². The van der Waals surface area contributed by atoms with Crippen LogP contribution in [0.3, 0.4) is 0 Å². The number of halogens is 1. The van der Waals surface area contributed by atoms with Crippen molar-refractivity contribution in [3.05, 3.63) is 16.6 Å². The van der Waals surface area contributed by atoms with Gasteiger partial charge in [-0.3, -0.25) is 0 Å². The topological polar surface area (TPSA) is 59.6 Å². The summed E-state index contributed by atoms with van der Waals surface area (Å²) >= 11 is 3.42. The molecule has 0 aromatic heterocycles. The maximum atomic E-state index is 12.1. The van der Waals surface area contributed by atoms with E-state index < -0.39 is 0 Å². The van der Waals surface area contributed by atoms with Crippen molar-refractivity contribution in [1.82, 2.24) is 5.32 Å². The van der Waals surface area contributed by atoms with Gasteiger partial charge in [0.05, 0.1) is 19.9 Å². The number of hydrogen-bond acceptors (Lipinski definition) is 3. The van der Waals surface area contributed by atoms with Crippen LogP contribution in [0.2, 0.25) is 0 Å². The lowest BCUT2D eigenvalue weighted by molar-refractivity contribution is 0.248. The third kappa shape index (κ3) is 5.75. The molecule has 0 saturated carbocycles. The highest BCUT2D eigenvalue weighted by molar-refractivity contribution is 9.10. The summed E-state index contributed by atoms with van der Waals surface area (Å²) in [5.74, 6) is 1.80. The molecule has 0 spiro atoms. The van der Waals surface area contributed by atoms with Crippen molar-refractivity contribution in [2.45, 2.75) is 39.7 Å². The second kappa shape index (κ2) is 8.88. The number of methoxy groups -OCH3 is 2. The number of benzene rings is 1. The van der Waals surface area contributed by atoms with Crippen LogP contribution in [0.1, 0.15) is 33.6 Å². The molecule has 0 aliphatic carbocycles. The number of amides is 2. The average molecular weight is 373 g/mol. The van der Waals surface area contributed by atoms with E-state index in [1.54, 1.807) is 26.4 Å². The summed E-state index contributed by atoms with van der Waals surface area (Å²) in [6.07, 6.45) is 2.04. The monoisotopic (exact) mass is 372 g/mol. The first-order valence-corrected chi connectivity index (χ1v) is 8.15. The van der Waals surface area contributed by atoms with E-state index in [2.05, 4.69) is 40.4 Å². The van der Waals surface area contributed by atoms with Crippen LogP contribution >= 0.6 is 15.9 Å². The van der Waals surface area contributed by atoms with Crippen molar-refractivity contribution >= 4 is 27.6 Å². The van der Waals surface area contributed by atoms with Gasteiger partial charge in [-0.2, -0.15) is 0 Å². The van der Waals surface area contributed by atoms with Crippen LogP contribution in [0.4, 0.5) is 10.5 Å². The van der Waals surface area contributed by atoms with Gasteiger partial charge in [0.15, 0.2) is 11.5 Å². The summed E-state index contributed by atoms with van der Waals surface area (Å²) in [5.41, 5.74) is 0.631. The average Bonchev–Trinajstić information content (AvgIpc) is 2.46. The second-order valence-electron chi connectivity index (χ2n) is 5.66. The largest absolute Gasteiger partial charge is 0.493 e. The number of carbonyl (C=O) groups is 1. The molecule has 1 aromatic rings. The first-order chi connectivity index (χ1) is 10.4. The second-order valence-corrected chi connectivity index (χ2v) is 6.51. The minimum Gasteiger partial charge on any atom is -0.493 e. The van der Waals surface area contributed by atoms with Gasteiger partial charge in [-0.25, -0.2) is 4.79 Å². The molecule has 0 aliphatic rings. The molecule has 2 amide bonds. The number of ether oxygens (including phenoxy) is 2. The molecule has 0 aliphatic heterocycles. The predicted octanol–water partition coefficient (Wildman–Crippen LogP) is 4.41. The van der Waals surface area contributed by atoms with Crippen molar-refractivity contribution in [2.75, 3.05) is 19.5 Å². The van der Waals surface area contributed by atoms with Gasteiger partial charge < -0.3 is 20.1 Å². The van der Waals surface area contributed by atoms with Gasteiger partial charge in [0.2, 0.25) is 0 Å². The van der Waals surface area contributed by atoms with Gasteiger partial charge >= 0.3 is 6.03 Å². The Kier molecular flexibility index (Phi) is 7.51. The number of rotatable bonds is 7. The van der Waals surface area contributed by atoms with Gasteiger partial charge in [0.1, 0.15) is 0 Å². The molecular formula is C16H25BrN2O3. The van der Waals surface area contributed by atoms with Gasteiger partial charge in [-0.05, 0) is 41.6 Å². The summed E-state index contributed by atoms with van der Waals surface area (Å²) in [4.78, 5) is 12.1. The normalized spacial score (nSPS) is 12.0. The number of urea groups is 1. The summed E-state index contributed by atoms with van der Waals surface area (Å²) in [5, 5.41) is 5.76. The molecule has 1 rings (SSSR count). The van der Waals surface area contributed by atoms with Crippen LogP contribution in [0.5, 0.6) is 11.5 Å². The maximum absolute atomic E-state index is 12.1. The van der Waals surface area contributed by atoms with E-state index in [1.165, 1.54) is 0 Å². The SMILES string of the molecule is COc1cc(Br)c(NC(=O)NC(C)CCC(C)C)cc1OC. The highest BCUT2D eigenvalue weighted by Crippen LogP contribution is 2.36. The fourth-order valence-corrected chi connectivity index (χ4v) is 2.41. The van der Waals surface area contributed by atoms with Gasteiger partial charge in [-0.15, -0.1) is 0 Å². The fraction of sp³-hybridized carbons (Fsp3) is 0.562. The molecule has 6 heteroatoms. The lowest BCUT2D eigenvalue weighted by Crippen LogP contribution is -2.36. The minimum absolute atomic E-state index is 0.126. The van der Waals surface area contributed by atoms with Crippen molar-refractivity contribution < 1.29 is 14.3 Å².